The van der Waals surface area contributed by atoms with Crippen molar-refractivity contribution in [3.8, 4) is 5.75 Å². The summed E-state index contributed by atoms with van der Waals surface area (Å²) in [5, 5.41) is 9.90. The first kappa shape index (κ1) is 14.5. The Kier molecular flexibility index (Phi) is 3.46. The van der Waals surface area contributed by atoms with Crippen LogP contribution in [0.2, 0.25) is 0 Å². The summed E-state index contributed by atoms with van der Waals surface area (Å²) in [5.41, 5.74) is 3.01. The van der Waals surface area contributed by atoms with Crippen molar-refractivity contribution in [1.82, 2.24) is 4.90 Å². The van der Waals surface area contributed by atoms with Crippen molar-refractivity contribution in [2.45, 2.75) is 57.1 Å². The van der Waals surface area contributed by atoms with Crippen LogP contribution in [0, 0.1) is 5.92 Å². The Bertz CT molecular complexity index is 567. The van der Waals surface area contributed by atoms with Gasteiger partial charge in [0.15, 0.2) is 0 Å². The first-order valence-corrected chi connectivity index (χ1v) is 8.76. The molecule has 4 rings (SSSR count). The fourth-order valence-corrected chi connectivity index (χ4v) is 4.97. The van der Waals surface area contributed by atoms with Crippen molar-refractivity contribution in [2.24, 2.45) is 5.92 Å². The molecule has 3 nitrogen and oxygen atoms in total. The number of fused-ring (bicyclic) bond motifs is 4. The number of nitrogens with zero attached hydrogens (tertiary/aromatic N) is 1. The lowest BCUT2D eigenvalue weighted by Gasteiger charge is -2.55. The zero-order valence-electron chi connectivity index (χ0n) is 13.7. The average Bonchev–Trinajstić information content (AvgIpc) is 3.00. The molecule has 2 aliphatic heterocycles. The lowest BCUT2D eigenvalue weighted by atomic mass is 9.59. The topological polar surface area (TPSA) is 32.7 Å². The number of phenols is 1. The van der Waals surface area contributed by atoms with E-state index in [1.807, 2.05) is 12.1 Å². The van der Waals surface area contributed by atoms with Crippen molar-refractivity contribution in [1.29, 1.82) is 0 Å². The fourth-order valence-electron chi connectivity index (χ4n) is 4.97. The van der Waals surface area contributed by atoms with E-state index < -0.39 is 0 Å². The molecule has 3 aliphatic rings. The maximum atomic E-state index is 9.90. The summed E-state index contributed by atoms with van der Waals surface area (Å²) in [4.78, 5) is 2.68. The second kappa shape index (κ2) is 5.24. The minimum atomic E-state index is 0.198. The minimum Gasteiger partial charge on any atom is -0.508 e. The number of rotatable bonds is 2. The molecule has 0 aromatic heterocycles. The standard InChI is InChI=1S/C19H27NO2/c1-13-18-10-14-5-6-15(21)11-17(14)19(13,2)7-8-20(18)12-16-4-3-9-22-16/h5-6,11,13,16,18,21H,3-4,7-10,12H2,1-2H3/t13-,16-,18+,19-/m0/s1. The maximum Gasteiger partial charge on any atom is 0.115 e. The molecule has 1 aromatic carbocycles. The van der Waals surface area contributed by atoms with Crippen molar-refractivity contribution >= 4 is 0 Å². The molecule has 120 valence electrons. The predicted octanol–water partition coefficient (Wildman–Crippen LogP) is 3.10. The van der Waals surface area contributed by atoms with Gasteiger partial charge in [-0.2, -0.15) is 0 Å². The summed E-state index contributed by atoms with van der Waals surface area (Å²) in [6.07, 6.45) is 5.17. The van der Waals surface area contributed by atoms with E-state index in [-0.39, 0.29) is 5.41 Å². The van der Waals surface area contributed by atoms with Gasteiger partial charge in [0.1, 0.15) is 5.75 Å². The molecule has 1 aliphatic carbocycles. The van der Waals surface area contributed by atoms with E-state index in [1.165, 1.54) is 30.4 Å². The summed E-state index contributed by atoms with van der Waals surface area (Å²) in [5.74, 6) is 1.03. The van der Waals surface area contributed by atoms with Gasteiger partial charge >= 0.3 is 0 Å². The van der Waals surface area contributed by atoms with Gasteiger partial charge in [-0.25, -0.2) is 0 Å². The molecule has 3 heteroatoms. The van der Waals surface area contributed by atoms with Crippen molar-refractivity contribution in [3.05, 3.63) is 29.3 Å². The summed E-state index contributed by atoms with van der Waals surface area (Å²) >= 11 is 0. The van der Waals surface area contributed by atoms with Crippen LogP contribution < -0.4 is 0 Å². The smallest absolute Gasteiger partial charge is 0.115 e. The minimum absolute atomic E-state index is 0.198. The van der Waals surface area contributed by atoms with Gasteiger partial charge in [-0.15, -0.1) is 0 Å². The molecular weight excluding hydrogens is 274 g/mol. The Hall–Kier alpha value is -1.06. The normalized spacial score (nSPS) is 38.0. The molecule has 0 saturated carbocycles. The Morgan fingerprint density at radius 2 is 2.27 bits per heavy atom. The number of hydrogen-bond donors (Lipinski definition) is 1. The van der Waals surface area contributed by atoms with E-state index in [4.69, 9.17) is 4.74 Å². The lowest BCUT2D eigenvalue weighted by Crippen LogP contribution is -2.59. The van der Waals surface area contributed by atoms with Crippen LogP contribution in [0.5, 0.6) is 5.75 Å². The highest BCUT2D eigenvalue weighted by Gasteiger charge is 2.48. The van der Waals surface area contributed by atoms with Gasteiger partial charge in [-0.1, -0.05) is 19.9 Å². The van der Waals surface area contributed by atoms with E-state index in [0.29, 0.717) is 23.8 Å². The van der Waals surface area contributed by atoms with Gasteiger partial charge in [0.25, 0.3) is 0 Å². The summed E-state index contributed by atoms with van der Waals surface area (Å²) in [6.45, 7) is 7.99. The number of likely N-dealkylation sites (tertiary alicyclic amines) is 1. The van der Waals surface area contributed by atoms with Gasteiger partial charge in [0, 0.05) is 19.2 Å². The number of aromatic hydroxyl groups is 1. The van der Waals surface area contributed by atoms with E-state index >= 15 is 0 Å². The Morgan fingerprint density at radius 3 is 3.05 bits per heavy atom. The third-order valence-electron chi connectivity index (χ3n) is 6.57. The summed E-state index contributed by atoms with van der Waals surface area (Å²) in [7, 11) is 0. The highest BCUT2D eigenvalue weighted by Crippen LogP contribution is 2.49. The number of benzene rings is 1. The van der Waals surface area contributed by atoms with Crippen molar-refractivity contribution < 1.29 is 9.84 Å². The summed E-state index contributed by atoms with van der Waals surface area (Å²) in [6, 6.07) is 6.60. The zero-order valence-corrected chi connectivity index (χ0v) is 13.7. The Morgan fingerprint density at radius 1 is 1.41 bits per heavy atom. The molecule has 0 radical (unpaired) electrons. The van der Waals surface area contributed by atoms with E-state index in [9.17, 15) is 5.11 Å². The number of piperidine rings is 1. The van der Waals surface area contributed by atoms with E-state index in [1.54, 1.807) is 0 Å². The molecular formula is C19H27NO2. The fraction of sp³-hybridized carbons (Fsp3) is 0.684. The Balaban J connectivity index is 1.63. The molecule has 2 heterocycles. The van der Waals surface area contributed by atoms with E-state index in [2.05, 4.69) is 24.8 Å². The third-order valence-corrected chi connectivity index (χ3v) is 6.57. The number of ether oxygens (including phenoxy) is 1. The summed E-state index contributed by atoms with van der Waals surface area (Å²) < 4.78 is 5.86. The highest BCUT2D eigenvalue weighted by molar-refractivity contribution is 5.44. The van der Waals surface area contributed by atoms with Crippen LogP contribution in [-0.2, 0) is 16.6 Å². The highest BCUT2D eigenvalue weighted by atomic mass is 16.5. The van der Waals surface area contributed by atoms with Crippen LogP contribution in [0.1, 0.15) is 44.2 Å². The second-order valence-corrected chi connectivity index (χ2v) is 7.70. The van der Waals surface area contributed by atoms with Crippen LogP contribution >= 0.6 is 0 Å². The van der Waals surface area contributed by atoms with Gasteiger partial charge < -0.3 is 9.84 Å². The average molecular weight is 301 g/mol. The van der Waals surface area contributed by atoms with Crippen LogP contribution in [0.4, 0.5) is 0 Å². The molecule has 2 saturated heterocycles. The second-order valence-electron chi connectivity index (χ2n) is 7.70. The van der Waals surface area contributed by atoms with Crippen molar-refractivity contribution in [3.63, 3.8) is 0 Å². The van der Waals surface area contributed by atoms with Gasteiger partial charge in [0.2, 0.25) is 0 Å². The van der Waals surface area contributed by atoms with Crippen LogP contribution in [0.25, 0.3) is 0 Å². The Labute approximate surface area is 133 Å². The first-order chi connectivity index (χ1) is 10.6. The molecule has 4 atom stereocenters. The SMILES string of the molecule is C[C@H]1[C@H]2Cc3ccc(O)cc3[C@@]1(C)CCN2C[C@@H]1CCCO1. The monoisotopic (exact) mass is 301 g/mol. The predicted molar refractivity (Wildman–Crippen MR) is 87.3 cm³/mol. The van der Waals surface area contributed by atoms with E-state index in [0.717, 1.165) is 26.1 Å². The molecule has 22 heavy (non-hydrogen) atoms. The van der Waals surface area contributed by atoms with Crippen molar-refractivity contribution in [2.75, 3.05) is 19.7 Å². The molecule has 0 amide bonds. The van der Waals surface area contributed by atoms with Gasteiger partial charge in [-0.05, 0) is 66.8 Å². The molecule has 1 aromatic rings. The third kappa shape index (κ3) is 2.17. The quantitative estimate of drug-likeness (QED) is 0.911. The molecule has 2 bridgehead atoms. The van der Waals surface area contributed by atoms with Crippen LogP contribution in [-0.4, -0.2) is 41.8 Å². The molecule has 0 unspecified atom stereocenters. The van der Waals surface area contributed by atoms with Crippen LogP contribution in [0.3, 0.4) is 0 Å². The van der Waals surface area contributed by atoms with Crippen LogP contribution in [0.15, 0.2) is 18.2 Å². The van der Waals surface area contributed by atoms with Gasteiger partial charge in [-0.3, -0.25) is 4.90 Å². The maximum absolute atomic E-state index is 9.90. The largest absolute Gasteiger partial charge is 0.508 e. The zero-order chi connectivity index (χ0) is 15.3. The molecule has 0 spiro atoms. The number of phenolic OH excluding ortho intramolecular Hbond substituents is 1. The molecule has 1 N–H and O–H groups in total. The molecule has 2 fully saturated rings. The lowest BCUT2D eigenvalue weighted by molar-refractivity contribution is -0.00671. The first-order valence-electron chi connectivity index (χ1n) is 8.76. The van der Waals surface area contributed by atoms with Gasteiger partial charge in [0.05, 0.1) is 6.10 Å². The number of hydrogen-bond acceptors (Lipinski definition) is 3.